The molecule has 1 aromatic carbocycles. The highest BCUT2D eigenvalue weighted by atomic mass is 127. The Morgan fingerprint density at radius 1 is 1.16 bits per heavy atom. The highest BCUT2D eigenvalue weighted by molar-refractivity contribution is 14.0. The quantitative estimate of drug-likeness (QED) is 0.269. The van der Waals surface area contributed by atoms with Crippen molar-refractivity contribution in [2.24, 2.45) is 4.99 Å². The minimum absolute atomic E-state index is 0. The van der Waals surface area contributed by atoms with Crippen LogP contribution in [0.2, 0.25) is 0 Å². The first kappa shape index (κ1) is 26.4. The van der Waals surface area contributed by atoms with E-state index in [2.05, 4.69) is 34.6 Å². The number of ether oxygens (including phenoxy) is 1. The Bertz CT molecular complexity index is 851. The molecule has 0 bridgehead atoms. The van der Waals surface area contributed by atoms with Crippen molar-refractivity contribution in [2.45, 2.75) is 52.6 Å². The third-order valence-electron chi connectivity index (χ3n) is 5.54. The predicted molar refractivity (Wildman–Crippen MR) is 136 cm³/mol. The maximum atomic E-state index is 14.6. The lowest BCUT2D eigenvalue weighted by atomic mass is 9.99. The zero-order valence-electron chi connectivity index (χ0n) is 19.2. The molecule has 0 amide bonds. The van der Waals surface area contributed by atoms with Gasteiger partial charge in [-0.3, -0.25) is 0 Å². The Balaban J connectivity index is 0.00000363. The van der Waals surface area contributed by atoms with Gasteiger partial charge in [-0.25, -0.2) is 9.38 Å². The molecule has 0 atom stereocenters. The van der Waals surface area contributed by atoms with Crippen LogP contribution in [0.15, 0.2) is 33.8 Å². The molecule has 2 aromatic rings. The van der Waals surface area contributed by atoms with E-state index in [9.17, 15) is 4.39 Å². The Kier molecular flexibility index (Phi) is 11.2. The van der Waals surface area contributed by atoms with Gasteiger partial charge in [-0.05, 0) is 37.5 Å². The van der Waals surface area contributed by atoms with Crippen molar-refractivity contribution in [3.8, 4) is 0 Å². The number of halogens is 2. The molecule has 32 heavy (non-hydrogen) atoms. The second kappa shape index (κ2) is 13.6. The Morgan fingerprint density at radius 2 is 1.91 bits per heavy atom. The summed E-state index contributed by atoms with van der Waals surface area (Å²) in [4.78, 5) is 6.61. The number of nitrogens with zero attached hydrogens (tertiary/aromatic N) is 3. The fourth-order valence-electron chi connectivity index (χ4n) is 3.70. The molecule has 178 valence electrons. The van der Waals surface area contributed by atoms with Crippen LogP contribution in [-0.4, -0.2) is 44.0 Å². The average Bonchev–Trinajstić information content (AvgIpc) is 3.26. The first-order valence-corrected chi connectivity index (χ1v) is 11.2. The van der Waals surface area contributed by atoms with Crippen molar-refractivity contribution in [1.82, 2.24) is 15.8 Å². The lowest BCUT2D eigenvalue weighted by Gasteiger charge is -2.29. The fourth-order valence-corrected chi connectivity index (χ4v) is 3.70. The normalized spacial score (nSPS) is 14.4. The number of aromatic nitrogens is 1. The molecule has 3 rings (SSSR count). The van der Waals surface area contributed by atoms with Gasteiger partial charge in [0.05, 0.1) is 37.7 Å². The molecule has 9 heteroatoms. The molecule has 7 nitrogen and oxygen atoms in total. The van der Waals surface area contributed by atoms with E-state index in [1.165, 1.54) is 0 Å². The molecule has 0 saturated carbocycles. The number of guanidine groups is 1. The maximum Gasteiger partial charge on any atom is 0.191 e. The molecule has 1 aliphatic heterocycles. The van der Waals surface area contributed by atoms with E-state index >= 15 is 0 Å². The van der Waals surface area contributed by atoms with Crippen LogP contribution in [0.3, 0.4) is 0 Å². The largest absolute Gasteiger partial charge is 0.378 e. The molecule has 1 saturated heterocycles. The summed E-state index contributed by atoms with van der Waals surface area (Å²) in [5.41, 5.74) is 2.45. The standard InChI is InChI=1S/C23H34FN5O2.HI/c1-4-18(5-2)21-14-19(31-28-21)16-27-23(25-6-3)26-15-17-7-8-22(20(24)13-17)29-9-11-30-12-10-29;/h7-8,13-14,18H,4-6,9-12,15-16H2,1-3H3,(H2,25,26,27);1H. The predicted octanol–water partition coefficient (Wildman–Crippen LogP) is 4.43. The molecule has 0 spiro atoms. The fraction of sp³-hybridized carbons (Fsp3) is 0.565. The summed E-state index contributed by atoms with van der Waals surface area (Å²) >= 11 is 0. The number of hydrogen-bond donors (Lipinski definition) is 2. The average molecular weight is 559 g/mol. The summed E-state index contributed by atoms with van der Waals surface area (Å²) in [5.74, 6) is 1.63. The monoisotopic (exact) mass is 559 g/mol. The van der Waals surface area contributed by atoms with E-state index in [-0.39, 0.29) is 29.8 Å². The van der Waals surface area contributed by atoms with Gasteiger partial charge in [-0.15, -0.1) is 24.0 Å². The minimum atomic E-state index is -0.219. The van der Waals surface area contributed by atoms with Crippen LogP contribution in [0, 0.1) is 5.82 Å². The first-order chi connectivity index (χ1) is 15.1. The molecule has 1 fully saturated rings. The van der Waals surface area contributed by atoms with Crippen molar-refractivity contribution >= 4 is 35.6 Å². The van der Waals surface area contributed by atoms with E-state index in [1.54, 1.807) is 6.07 Å². The Labute approximate surface area is 207 Å². The molecule has 0 unspecified atom stereocenters. The van der Waals surface area contributed by atoms with Crippen LogP contribution < -0.4 is 15.5 Å². The third-order valence-corrected chi connectivity index (χ3v) is 5.54. The van der Waals surface area contributed by atoms with Gasteiger partial charge in [0, 0.05) is 31.6 Å². The summed E-state index contributed by atoms with van der Waals surface area (Å²) in [7, 11) is 0. The van der Waals surface area contributed by atoms with Crippen molar-refractivity contribution in [2.75, 3.05) is 37.7 Å². The highest BCUT2D eigenvalue weighted by Crippen LogP contribution is 2.23. The van der Waals surface area contributed by atoms with Gasteiger partial charge < -0.3 is 24.8 Å². The minimum Gasteiger partial charge on any atom is -0.378 e. The van der Waals surface area contributed by atoms with Crippen molar-refractivity contribution in [1.29, 1.82) is 0 Å². The number of anilines is 1. The highest BCUT2D eigenvalue weighted by Gasteiger charge is 2.16. The third kappa shape index (κ3) is 7.33. The second-order valence-electron chi connectivity index (χ2n) is 7.67. The van der Waals surface area contributed by atoms with Crippen LogP contribution >= 0.6 is 24.0 Å². The van der Waals surface area contributed by atoms with E-state index in [4.69, 9.17) is 9.26 Å². The molecule has 0 aliphatic carbocycles. The van der Waals surface area contributed by atoms with Crippen molar-refractivity contribution in [3.63, 3.8) is 0 Å². The van der Waals surface area contributed by atoms with Crippen molar-refractivity contribution < 1.29 is 13.7 Å². The molecular weight excluding hydrogens is 524 g/mol. The van der Waals surface area contributed by atoms with Crippen LogP contribution in [0.5, 0.6) is 0 Å². The van der Waals surface area contributed by atoms with Gasteiger partial charge in [0.15, 0.2) is 11.7 Å². The number of morpholine rings is 1. The topological polar surface area (TPSA) is 74.9 Å². The maximum absolute atomic E-state index is 14.6. The van der Waals surface area contributed by atoms with Crippen LogP contribution in [-0.2, 0) is 17.8 Å². The number of benzene rings is 1. The number of aliphatic imine (C=N–C) groups is 1. The zero-order chi connectivity index (χ0) is 22.1. The lowest BCUT2D eigenvalue weighted by Crippen LogP contribution is -2.37. The van der Waals surface area contributed by atoms with Gasteiger partial charge >= 0.3 is 0 Å². The molecule has 0 radical (unpaired) electrons. The summed E-state index contributed by atoms with van der Waals surface area (Å²) in [6.07, 6.45) is 2.09. The van der Waals surface area contributed by atoms with Gasteiger partial charge in [0.1, 0.15) is 5.82 Å². The summed E-state index contributed by atoms with van der Waals surface area (Å²) < 4.78 is 25.4. The van der Waals surface area contributed by atoms with Crippen LogP contribution in [0.4, 0.5) is 10.1 Å². The van der Waals surface area contributed by atoms with E-state index in [0.29, 0.717) is 57.0 Å². The lowest BCUT2D eigenvalue weighted by molar-refractivity contribution is 0.122. The Hall–Kier alpha value is -1.88. The van der Waals surface area contributed by atoms with Gasteiger partial charge in [-0.1, -0.05) is 25.1 Å². The van der Waals surface area contributed by atoms with E-state index < -0.39 is 0 Å². The van der Waals surface area contributed by atoms with Crippen molar-refractivity contribution in [3.05, 3.63) is 47.1 Å². The molecule has 2 heterocycles. The number of nitrogens with one attached hydrogen (secondary N) is 2. The second-order valence-corrected chi connectivity index (χ2v) is 7.67. The van der Waals surface area contributed by atoms with Gasteiger partial charge in [0.25, 0.3) is 0 Å². The summed E-state index contributed by atoms with van der Waals surface area (Å²) in [6.45, 7) is 10.6. The Morgan fingerprint density at radius 3 is 2.56 bits per heavy atom. The molecule has 2 N–H and O–H groups in total. The summed E-state index contributed by atoms with van der Waals surface area (Å²) in [6, 6.07) is 7.34. The number of rotatable bonds is 9. The van der Waals surface area contributed by atoms with Gasteiger partial charge in [0.2, 0.25) is 0 Å². The SMILES string of the molecule is CCNC(=NCc1ccc(N2CCOCC2)c(F)c1)NCc1cc(C(CC)CC)no1.I. The van der Waals surface area contributed by atoms with Gasteiger partial charge in [-0.2, -0.15) is 0 Å². The zero-order valence-corrected chi connectivity index (χ0v) is 21.5. The van der Waals surface area contributed by atoms with E-state index in [0.717, 1.165) is 36.4 Å². The summed E-state index contributed by atoms with van der Waals surface area (Å²) in [5, 5.41) is 10.7. The van der Waals surface area contributed by atoms with E-state index in [1.807, 2.05) is 30.0 Å². The molecular formula is C23H35FIN5O2. The van der Waals surface area contributed by atoms with Crippen LogP contribution in [0.25, 0.3) is 0 Å². The van der Waals surface area contributed by atoms with Crippen LogP contribution in [0.1, 0.15) is 56.5 Å². The first-order valence-electron chi connectivity index (χ1n) is 11.2. The molecule has 1 aromatic heterocycles. The number of hydrogen-bond acceptors (Lipinski definition) is 5. The molecule has 1 aliphatic rings. The smallest absolute Gasteiger partial charge is 0.191 e.